The lowest BCUT2D eigenvalue weighted by Crippen LogP contribution is -2.01. The maximum absolute atomic E-state index is 13.4. The van der Waals surface area contributed by atoms with Crippen LogP contribution >= 0.6 is 0 Å². The van der Waals surface area contributed by atoms with E-state index in [9.17, 15) is 23.3 Å². The monoisotopic (exact) mass is 285 g/mol. The third-order valence-corrected chi connectivity index (χ3v) is 2.25. The van der Waals surface area contributed by atoms with Crippen molar-refractivity contribution in [2.24, 2.45) is 0 Å². The molecule has 2 N–H and O–H groups in total. The molecule has 2 rings (SSSR count). The zero-order chi connectivity index (χ0) is 14.9. The predicted molar refractivity (Wildman–Crippen MR) is 61.7 cm³/mol. The Labute approximate surface area is 109 Å². The lowest BCUT2D eigenvalue weighted by molar-refractivity contribution is -0.385. The number of rotatable bonds is 3. The van der Waals surface area contributed by atoms with Crippen molar-refractivity contribution in [3.8, 4) is 11.6 Å². The van der Waals surface area contributed by atoms with Crippen LogP contribution in [0.25, 0.3) is 0 Å². The first-order valence-electron chi connectivity index (χ1n) is 5.12. The van der Waals surface area contributed by atoms with Crippen LogP contribution in [0.3, 0.4) is 0 Å². The van der Waals surface area contributed by atoms with Gasteiger partial charge >= 0.3 is 5.69 Å². The van der Waals surface area contributed by atoms with Crippen molar-refractivity contribution in [1.29, 1.82) is 0 Å². The summed E-state index contributed by atoms with van der Waals surface area (Å²) in [6, 6.07) is 2.77. The minimum absolute atomic E-state index is 0.406. The van der Waals surface area contributed by atoms with E-state index in [1.807, 2.05) is 0 Å². The van der Waals surface area contributed by atoms with Gasteiger partial charge in [-0.3, -0.25) is 10.1 Å². The molecule has 0 unspecified atom stereocenters. The van der Waals surface area contributed by atoms with Gasteiger partial charge in [-0.25, -0.2) is 13.2 Å². The Balaban J connectivity index is 2.47. The minimum Gasteiger partial charge on any atom is -0.429 e. The van der Waals surface area contributed by atoms with Crippen LogP contribution in [0, 0.1) is 27.6 Å². The van der Waals surface area contributed by atoms with Gasteiger partial charge in [-0.05, 0) is 6.07 Å². The summed E-state index contributed by atoms with van der Waals surface area (Å²) in [5.74, 6) is -5.19. The van der Waals surface area contributed by atoms with Gasteiger partial charge in [0.05, 0.1) is 4.92 Å². The summed E-state index contributed by atoms with van der Waals surface area (Å²) in [6.07, 6.45) is 0. The van der Waals surface area contributed by atoms with Crippen LogP contribution in [0.2, 0.25) is 0 Å². The number of hydrogen-bond donors (Lipinski definition) is 1. The van der Waals surface area contributed by atoms with Crippen molar-refractivity contribution in [2.45, 2.75) is 0 Å². The van der Waals surface area contributed by atoms with E-state index in [-0.39, 0.29) is 0 Å². The van der Waals surface area contributed by atoms with Crippen LogP contribution in [-0.2, 0) is 0 Å². The number of nitrogens with two attached hydrogens (primary N) is 1. The Hall–Kier alpha value is -2.84. The van der Waals surface area contributed by atoms with Crippen LogP contribution in [0.4, 0.5) is 24.7 Å². The van der Waals surface area contributed by atoms with Gasteiger partial charge in [0.15, 0.2) is 17.5 Å². The van der Waals surface area contributed by atoms with Crippen LogP contribution in [0.15, 0.2) is 24.3 Å². The van der Waals surface area contributed by atoms with Crippen LogP contribution < -0.4 is 10.5 Å². The summed E-state index contributed by atoms with van der Waals surface area (Å²) >= 11 is 0. The molecule has 0 aliphatic rings. The van der Waals surface area contributed by atoms with Crippen molar-refractivity contribution in [1.82, 2.24) is 4.98 Å². The zero-order valence-corrected chi connectivity index (χ0v) is 9.64. The van der Waals surface area contributed by atoms with Gasteiger partial charge in [-0.15, -0.1) is 0 Å². The fourth-order valence-electron chi connectivity index (χ4n) is 1.36. The summed E-state index contributed by atoms with van der Waals surface area (Å²) in [5, 5.41) is 10.7. The Morgan fingerprint density at radius 2 is 1.90 bits per heavy atom. The van der Waals surface area contributed by atoms with E-state index in [0.29, 0.717) is 12.1 Å². The van der Waals surface area contributed by atoms with E-state index in [1.165, 1.54) is 0 Å². The molecule has 20 heavy (non-hydrogen) atoms. The number of benzene rings is 1. The number of aromatic nitrogens is 1. The van der Waals surface area contributed by atoms with Gasteiger partial charge in [-0.1, -0.05) is 0 Å². The molecule has 0 amide bonds. The second-order valence-electron chi connectivity index (χ2n) is 3.61. The third-order valence-electron chi connectivity index (χ3n) is 2.25. The lowest BCUT2D eigenvalue weighted by Gasteiger charge is -2.07. The summed E-state index contributed by atoms with van der Waals surface area (Å²) in [6.45, 7) is 0. The molecule has 0 aliphatic carbocycles. The highest BCUT2D eigenvalue weighted by Crippen LogP contribution is 2.32. The number of ether oxygens (including phenoxy) is 1. The Kier molecular flexibility index (Phi) is 3.42. The quantitative estimate of drug-likeness (QED) is 0.691. The molecule has 104 valence electrons. The molecule has 0 saturated heterocycles. The molecule has 1 heterocycles. The molecule has 0 saturated carbocycles. The highest BCUT2D eigenvalue weighted by atomic mass is 19.1. The van der Waals surface area contributed by atoms with E-state index >= 15 is 0 Å². The smallest absolute Gasteiger partial charge is 0.311 e. The Morgan fingerprint density at radius 3 is 2.55 bits per heavy atom. The Bertz CT molecular complexity index is 694. The van der Waals surface area contributed by atoms with Gasteiger partial charge in [-0.2, -0.15) is 4.98 Å². The second-order valence-corrected chi connectivity index (χ2v) is 3.61. The molecule has 0 radical (unpaired) electrons. The molecule has 1 aromatic heterocycles. The molecular formula is C11H6F3N3O3. The first-order chi connectivity index (χ1) is 9.38. The summed E-state index contributed by atoms with van der Waals surface area (Å²) in [5.41, 5.74) is 4.53. The lowest BCUT2D eigenvalue weighted by atomic mass is 10.3. The fourth-order valence-corrected chi connectivity index (χ4v) is 1.36. The maximum atomic E-state index is 13.4. The molecule has 6 nitrogen and oxygen atoms in total. The maximum Gasteiger partial charge on any atom is 0.311 e. The van der Waals surface area contributed by atoms with Crippen molar-refractivity contribution in [3.63, 3.8) is 0 Å². The Morgan fingerprint density at radius 1 is 1.20 bits per heavy atom. The van der Waals surface area contributed by atoms with Gasteiger partial charge in [0, 0.05) is 18.2 Å². The predicted octanol–water partition coefficient (Wildman–Crippen LogP) is 2.78. The van der Waals surface area contributed by atoms with Crippen LogP contribution in [-0.4, -0.2) is 9.91 Å². The van der Waals surface area contributed by atoms with Crippen molar-refractivity contribution >= 4 is 11.5 Å². The highest BCUT2D eigenvalue weighted by molar-refractivity contribution is 5.48. The number of pyridine rings is 1. The van der Waals surface area contributed by atoms with Gasteiger partial charge in [0.25, 0.3) is 5.88 Å². The van der Waals surface area contributed by atoms with Crippen molar-refractivity contribution < 1.29 is 22.8 Å². The number of nitro groups is 1. The average Bonchev–Trinajstić information content (AvgIpc) is 2.35. The SMILES string of the molecule is Nc1nc(Oc2cc(F)ccc2[N+](=O)[O-])c(F)cc1F. The molecular weight excluding hydrogens is 279 g/mol. The number of nitrogen functional groups attached to an aromatic ring is 1. The van der Waals surface area contributed by atoms with Gasteiger partial charge < -0.3 is 10.5 Å². The van der Waals surface area contributed by atoms with E-state index < -0.39 is 45.5 Å². The molecule has 0 fully saturated rings. The highest BCUT2D eigenvalue weighted by Gasteiger charge is 2.20. The van der Waals surface area contributed by atoms with E-state index in [2.05, 4.69) is 4.98 Å². The van der Waals surface area contributed by atoms with E-state index in [4.69, 9.17) is 10.5 Å². The summed E-state index contributed by atoms with van der Waals surface area (Å²) in [7, 11) is 0. The number of hydrogen-bond acceptors (Lipinski definition) is 5. The molecule has 0 aliphatic heterocycles. The first kappa shape index (κ1) is 13.6. The fraction of sp³-hybridized carbons (Fsp3) is 0. The van der Waals surface area contributed by atoms with Crippen LogP contribution in [0.5, 0.6) is 11.6 Å². The number of anilines is 1. The van der Waals surface area contributed by atoms with Gasteiger partial charge in [0.1, 0.15) is 5.82 Å². The standard InChI is InChI=1S/C11H6F3N3O3/c12-5-1-2-8(17(18)19)9(3-5)20-11-7(14)4-6(13)10(15)16-11/h1-4H,(H2,15,16). The normalized spacial score (nSPS) is 10.3. The number of nitrogens with zero attached hydrogens (tertiary/aromatic N) is 2. The summed E-state index contributed by atoms with van der Waals surface area (Å²) < 4.78 is 44.2. The van der Waals surface area contributed by atoms with E-state index in [1.54, 1.807) is 0 Å². The largest absolute Gasteiger partial charge is 0.429 e. The third kappa shape index (κ3) is 2.60. The number of nitro benzene ring substituents is 1. The van der Waals surface area contributed by atoms with Gasteiger partial charge in [0.2, 0.25) is 5.75 Å². The van der Waals surface area contributed by atoms with Crippen molar-refractivity contribution in [2.75, 3.05) is 5.73 Å². The summed E-state index contributed by atoms with van der Waals surface area (Å²) in [4.78, 5) is 13.1. The minimum atomic E-state index is -1.23. The molecule has 0 spiro atoms. The molecule has 0 atom stereocenters. The van der Waals surface area contributed by atoms with E-state index in [0.717, 1.165) is 12.1 Å². The average molecular weight is 285 g/mol. The van der Waals surface area contributed by atoms with Crippen molar-refractivity contribution in [3.05, 3.63) is 51.8 Å². The van der Waals surface area contributed by atoms with Crippen LogP contribution in [0.1, 0.15) is 0 Å². The zero-order valence-electron chi connectivity index (χ0n) is 9.64. The molecule has 0 bridgehead atoms. The molecule has 1 aromatic carbocycles. The second kappa shape index (κ2) is 5.03. The topological polar surface area (TPSA) is 91.3 Å². The molecule has 2 aromatic rings. The first-order valence-corrected chi connectivity index (χ1v) is 5.12. The number of halogens is 3. The molecule has 9 heteroatoms.